The van der Waals surface area contributed by atoms with Crippen LogP contribution in [0.5, 0.6) is 17.2 Å². The van der Waals surface area contributed by atoms with Gasteiger partial charge in [-0.3, -0.25) is 9.59 Å². The number of aromatic hydroxyl groups is 1. The summed E-state index contributed by atoms with van der Waals surface area (Å²) in [5, 5.41) is 14.6. The number of carbonyl (C=O) groups excluding carboxylic acids is 2. The molecule has 0 spiro atoms. The van der Waals surface area contributed by atoms with Crippen LogP contribution in [0, 0.1) is 46.3 Å². The normalized spacial score (nSPS) is 26.1. The Hall–Kier alpha value is -3.81. The number of hydrogen-bond donors (Lipinski definition) is 2. The molecule has 0 unspecified atom stereocenters. The van der Waals surface area contributed by atoms with Gasteiger partial charge in [-0.25, -0.2) is 5.43 Å². The molecule has 2 aromatic rings. The van der Waals surface area contributed by atoms with Gasteiger partial charge in [-0.05, 0) is 153 Å². The summed E-state index contributed by atoms with van der Waals surface area (Å²) in [6.07, 6.45) is 33.7. The molecular formula is C59H90N2O6. The molecule has 1 amide bonds. The molecule has 0 radical (unpaired) electrons. The predicted octanol–water partition coefficient (Wildman–Crippen LogP) is 15.3. The van der Waals surface area contributed by atoms with E-state index in [4.69, 9.17) is 14.2 Å². The van der Waals surface area contributed by atoms with Gasteiger partial charge in [0.2, 0.25) is 0 Å². The summed E-state index contributed by atoms with van der Waals surface area (Å²) in [5.74, 6) is 5.87. The van der Waals surface area contributed by atoms with Crippen LogP contribution in [-0.4, -0.2) is 42.5 Å². The lowest BCUT2D eigenvalue weighted by atomic mass is 9.47. The van der Waals surface area contributed by atoms with Crippen molar-refractivity contribution in [3.63, 3.8) is 0 Å². The number of nitrogens with one attached hydrogen (secondary N) is 1. The average molecular weight is 923 g/mol. The van der Waals surface area contributed by atoms with Crippen LogP contribution in [0.4, 0.5) is 0 Å². The molecule has 0 saturated heterocycles. The SMILES string of the molecule is CCCCCCCCCCCCOc1ccc(C(=O)N/N=C/c2ccc(OCCCCCC(=O)O[C@H]3CC[C@@]4(C)C(=CC[C@H]5[C@@H]6CC[C@H]([C@H](C)CCCC(C)C)[C@@]6(C)CC[C@@H]54)C3)cc2O)cc1. The van der Waals surface area contributed by atoms with Gasteiger partial charge in [-0.1, -0.05) is 130 Å². The highest BCUT2D eigenvalue weighted by Crippen LogP contribution is 2.67. The maximum absolute atomic E-state index is 13.0. The number of hydrazone groups is 1. The summed E-state index contributed by atoms with van der Waals surface area (Å²) in [4.78, 5) is 25.7. The van der Waals surface area contributed by atoms with Crippen molar-refractivity contribution in [1.29, 1.82) is 0 Å². The summed E-state index contributed by atoms with van der Waals surface area (Å²) >= 11 is 0. The summed E-state index contributed by atoms with van der Waals surface area (Å²) in [7, 11) is 0. The summed E-state index contributed by atoms with van der Waals surface area (Å²) in [6.45, 7) is 15.9. The Morgan fingerprint density at radius 3 is 2.15 bits per heavy atom. The van der Waals surface area contributed by atoms with E-state index in [2.05, 4.69) is 58.1 Å². The second-order valence-electron chi connectivity index (χ2n) is 22.3. The van der Waals surface area contributed by atoms with Crippen molar-refractivity contribution in [3.05, 3.63) is 65.2 Å². The van der Waals surface area contributed by atoms with Crippen LogP contribution >= 0.6 is 0 Å². The first-order valence-electron chi connectivity index (χ1n) is 27.3. The molecule has 0 aliphatic heterocycles. The van der Waals surface area contributed by atoms with Crippen molar-refractivity contribution in [3.8, 4) is 17.2 Å². The van der Waals surface area contributed by atoms with Gasteiger partial charge in [0.25, 0.3) is 5.91 Å². The lowest BCUT2D eigenvalue weighted by Gasteiger charge is -2.58. The van der Waals surface area contributed by atoms with E-state index in [-0.39, 0.29) is 29.1 Å². The molecule has 0 aromatic heterocycles. The number of hydrogen-bond acceptors (Lipinski definition) is 7. The number of benzene rings is 2. The number of carbonyl (C=O) groups is 2. The maximum Gasteiger partial charge on any atom is 0.306 e. The van der Waals surface area contributed by atoms with Gasteiger partial charge in [0.05, 0.1) is 19.4 Å². The zero-order valence-electron chi connectivity index (χ0n) is 42.8. The fourth-order valence-corrected chi connectivity index (χ4v) is 13.2. The van der Waals surface area contributed by atoms with E-state index >= 15 is 0 Å². The molecule has 4 aliphatic carbocycles. The number of esters is 1. The molecule has 3 fully saturated rings. The molecule has 8 heteroatoms. The van der Waals surface area contributed by atoms with Gasteiger partial charge in [-0.15, -0.1) is 0 Å². The quantitative estimate of drug-likeness (QED) is 0.0289. The van der Waals surface area contributed by atoms with E-state index in [1.807, 2.05) is 12.1 Å². The maximum atomic E-state index is 13.0. The third kappa shape index (κ3) is 14.8. The number of phenols is 1. The van der Waals surface area contributed by atoms with Crippen molar-refractivity contribution < 1.29 is 28.9 Å². The molecule has 2 N–H and O–H groups in total. The highest BCUT2D eigenvalue weighted by Gasteiger charge is 2.59. The van der Waals surface area contributed by atoms with Crippen LogP contribution in [-0.2, 0) is 9.53 Å². The highest BCUT2D eigenvalue weighted by molar-refractivity contribution is 5.95. The van der Waals surface area contributed by atoms with Crippen molar-refractivity contribution in [2.24, 2.45) is 51.4 Å². The number of rotatable bonds is 28. The van der Waals surface area contributed by atoms with Crippen LogP contribution < -0.4 is 14.9 Å². The van der Waals surface area contributed by atoms with E-state index in [9.17, 15) is 14.7 Å². The summed E-state index contributed by atoms with van der Waals surface area (Å²) < 4.78 is 17.9. The van der Waals surface area contributed by atoms with E-state index in [1.54, 1.807) is 35.9 Å². The molecule has 372 valence electrons. The van der Waals surface area contributed by atoms with Gasteiger partial charge < -0.3 is 19.3 Å². The second kappa shape index (κ2) is 26.2. The van der Waals surface area contributed by atoms with Crippen LogP contribution in [0.1, 0.15) is 218 Å². The van der Waals surface area contributed by atoms with Gasteiger partial charge >= 0.3 is 5.97 Å². The zero-order valence-corrected chi connectivity index (χ0v) is 42.8. The molecule has 4 aliphatic rings. The minimum Gasteiger partial charge on any atom is -0.507 e. The summed E-state index contributed by atoms with van der Waals surface area (Å²) in [5.41, 5.74) is 5.80. The Morgan fingerprint density at radius 2 is 1.45 bits per heavy atom. The second-order valence-corrected chi connectivity index (χ2v) is 22.3. The first kappa shape index (κ1) is 52.6. The number of ether oxygens (including phenoxy) is 3. The smallest absolute Gasteiger partial charge is 0.306 e. The average Bonchev–Trinajstić information content (AvgIpc) is 3.67. The van der Waals surface area contributed by atoms with Crippen molar-refractivity contribution in [2.45, 2.75) is 208 Å². The number of unbranched alkanes of at least 4 members (excludes halogenated alkanes) is 11. The van der Waals surface area contributed by atoms with Crippen molar-refractivity contribution in [1.82, 2.24) is 5.43 Å². The molecule has 8 nitrogen and oxygen atoms in total. The minimum atomic E-state index is -0.345. The molecule has 67 heavy (non-hydrogen) atoms. The molecule has 0 bridgehead atoms. The van der Waals surface area contributed by atoms with Gasteiger partial charge in [0, 0.05) is 30.0 Å². The third-order valence-electron chi connectivity index (χ3n) is 17.1. The van der Waals surface area contributed by atoms with Crippen molar-refractivity contribution >= 4 is 18.1 Å². The number of nitrogens with zero attached hydrogens (tertiary/aromatic N) is 1. The molecule has 0 heterocycles. The Balaban J connectivity index is 0.821. The number of phenolic OH excluding ortho intramolecular Hbond substituents is 1. The van der Waals surface area contributed by atoms with Gasteiger partial charge in [0.15, 0.2) is 0 Å². The number of amides is 1. The fraction of sp³-hybridized carbons (Fsp3) is 0.712. The first-order valence-corrected chi connectivity index (χ1v) is 27.3. The standard InChI is InChI=1S/C59H90N2O6/c1-7-8-9-10-11-12-13-14-15-18-38-65-48-28-24-45(25-29-48)57(64)61-60-42-46-26-30-49(41-55(46)62)66-39-19-16-17-23-56(63)67-50-34-36-58(5)47(40-50)27-31-51-53-33-32-52(44(4)22-20-21-43(2)3)59(53,6)37-35-54(51)58/h24-30,41-44,50-54,62H,7-23,31-40H2,1-6H3,(H,61,64)/b60-42+/t44-,50+,51+,52-,53+,54+,58+,59-/m1/s1. The molecule has 3 saturated carbocycles. The number of allylic oxidation sites excluding steroid dienone is 1. The van der Waals surface area contributed by atoms with E-state index in [1.165, 1.54) is 115 Å². The van der Waals surface area contributed by atoms with Crippen LogP contribution in [0.15, 0.2) is 59.2 Å². The van der Waals surface area contributed by atoms with Crippen molar-refractivity contribution in [2.75, 3.05) is 13.2 Å². The number of fused-ring (bicyclic) bond motifs is 5. The third-order valence-corrected chi connectivity index (χ3v) is 17.1. The summed E-state index contributed by atoms with van der Waals surface area (Å²) in [6, 6.07) is 12.1. The van der Waals surface area contributed by atoms with Gasteiger partial charge in [0.1, 0.15) is 23.4 Å². The lowest BCUT2D eigenvalue weighted by molar-refractivity contribution is -0.151. The minimum absolute atomic E-state index is 0.00155. The van der Waals surface area contributed by atoms with E-state index in [0.29, 0.717) is 41.9 Å². The topological polar surface area (TPSA) is 106 Å². The fourth-order valence-electron chi connectivity index (χ4n) is 13.2. The largest absolute Gasteiger partial charge is 0.507 e. The van der Waals surface area contributed by atoms with Gasteiger partial charge in [-0.2, -0.15) is 5.10 Å². The Bertz CT molecular complexity index is 1890. The molecule has 8 atom stereocenters. The Morgan fingerprint density at radius 1 is 0.776 bits per heavy atom. The van der Waals surface area contributed by atoms with Crippen LogP contribution in [0.2, 0.25) is 0 Å². The molecule has 2 aromatic carbocycles. The lowest BCUT2D eigenvalue weighted by Crippen LogP contribution is -2.51. The predicted molar refractivity (Wildman–Crippen MR) is 274 cm³/mol. The highest BCUT2D eigenvalue weighted by atomic mass is 16.5. The Labute approximate surface area is 406 Å². The van der Waals surface area contributed by atoms with Crippen LogP contribution in [0.3, 0.4) is 0 Å². The van der Waals surface area contributed by atoms with E-state index < -0.39 is 0 Å². The zero-order chi connectivity index (χ0) is 47.7. The molecule has 6 rings (SSSR count). The Kier molecular flexibility index (Phi) is 20.6. The molecular weight excluding hydrogens is 833 g/mol. The van der Waals surface area contributed by atoms with E-state index in [0.717, 1.165) is 86.2 Å². The van der Waals surface area contributed by atoms with Crippen LogP contribution in [0.25, 0.3) is 0 Å². The first-order chi connectivity index (χ1) is 32.4. The monoisotopic (exact) mass is 923 g/mol.